The van der Waals surface area contributed by atoms with Crippen LogP contribution in [0.15, 0.2) is 42.7 Å². The van der Waals surface area contributed by atoms with Gasteiger partial charge in [-0.2, -0.15) is 0 Å². The average molecular weight is 507 g/mol. The van der Waals surface area contributed by atoms with Crippen molar-refractivity contribution in [2.45, 2.75) is 25.0 Å². The first-order valence-electron chi connectivity index (χ1n) is 12.3. The van der Waals surface area contributed by atoms with Gasteiger partial charge in [-0.15, -0.1) is 5.10 Å². The number of halogens is 1. The van der Waals surface area contributed by atoms with Crippen LogP contribution in [0.4, 0.5) is 4.39 Å². The SMILES string of the molecule is COc1ccc2ncc(F)c(C(O)CN3CCC(n4cc(-c5ccc6c(c5)OCCO6)nn4)CC3)c2n1. The van der Waals surface area contributed by atoms with E-state index < -0.39 is 11.9 Å². The topological polar surface area (TPSA) is 108 Å². The quantitative estimate of drug-likeness (QED) is 0.422. The van der Waals surface area contributed by atoms with E-state index in [1.807, 2.05) is 29.1 Å². The summed E-state index contributed by atoms with van der Waals surface area (Å²) in [6.07, 6.45) is 3.71. The zero-order valence-electron chi connectivity index (χ0n) is 20.4. The van der Waals surface area contributed by atoms with Gasteiger partial charge in [0.15, 0.2) is 11.5 Å². The highest BCUT2D eigenvalue weighted by Crippen LogP contribution is 2.34. The monoisotopic (exact) mass is 506 g/mol. The van der Waals surface area contributed by atoms with E-state index >= 15 is 0 Å². The number of aliphatic hydroxyl groups is 1. The molecule has 0 saturated carbocycles. The largest absolute Gasteiger partial charge is 0.486 e. The normalized spacial score (nSPS) is 17.2. The molecular formula is C26H27FN6O4. The van der Waals surface area contributed by atoms with Crippen LogP contribution in [0.25, 0.3) is 22.3 Å². The maximum Gasteiger partial charge on any atom is 0.213 e. The third-order valence-electron chi connectivity index (χ3n) is 6.93. The van der Waals surface area contributed by atoms with Gasteiger partial charge >= 0.3 is 0 Å². The summed E-state index contributed by atoms with van der Waals surface area (Å²) in [5.74, 6) is 1.23. The van der Waals surface area contributed by atoms with E-state index in [0.717, 1.165) is 54.9 Å². The number of methoxy groups -OCH3 is 1. The number of rotatable bonds is 6. The van der Waals surface area contributed by atoms with E-state index in [4.69, 9.17) is 14.2 Å². The summed E-state index contributed by atoms with van der Waals surface area (Å²) < 4.78 is 33.1. The molecule has 3 aromatic heterocycles. The molecule has 0 amide bonds. The van der Waals surface area contributed by atoms with Gasteiger partial charge in [-0.25, -0.2) is 14.1 Å². The second-order valence-corrected chi connectivity index (χ2v) is 9.23. The van der Waals surface area contributed by atoms with Crippen LogP contribution < -0.4 is 14.2 Å². The Labute approximate surface area is 212 Å². The van der Waals surface area contributed by atoms with Gasteiger partial charge in [0, 0.05) is 36.8 Å². The Morgan fingerprint density at radius 2 is 1.95 bits per heavy atom. The minimum atomic E-state index is -1.05. The number of ether oxygens (including phenoxy) is 3. The number of hydrogen-bond donors (Lipinski definition) is 1. The van der Waals surface area contributed by atoms with Crippen molar-refractivity contribution in [2.75, 3.05) is 40.0 Å². The number of hydrogen-bond acceptors (Lipinski definition) is 9. The maximum atomic E-state index is 14.7. The van der Waals surface area contributed by atoms with Gasteiger partial charge in [0.1, 0.15) is 30.2 Å². The van der Waals surface area contributed by atoms with Gasteiger partial charge in [0.2, 0.25) is 5.88 Å². The van der Waals surface area contributed by atoms with Gasteiger partial charge in [-0.05, 0) is 37.1 Å². The van der Waals surface area contributed by atoms with Crippen molar-refractivity contribution >= 4 is 11.0 Å². The Kier molecular flexibility index (Phi) is 6.31. The van der Waals surface area contributed by atoms with Crippen LogP contribution in [-0.2, 0) is 0 Å². The molecule has 4 aromatic rings. The van der Waals surface area contributed by atoms with E-state index in [0.29, 0.717) is 36.7 Å². The molecule has 2 aliphatic rings. The molecule has 192 valence electrons. The lowest BCUT2D eigenvalue weighted by molar-refractivity contribution is 0.0872. The van der Waals surface area contributed by atoms with Gasteiger partial charge in [0.25, 0.3) is 0 Å². The maximum absolute atomic E-state index is 14.7. The molecule has 5 heterocycles. The molecule has 0 spiro atoms. The molecule has 1 N–H and O–H groups in total. The molecule has 1 unspecified atom stereocenters. The van der Waals surface area contributed by atoms with Crippen molar-refractivity contribution < 1.29 is 23.7 Å². The predicted octanol–water partition coefficient (Wildman–Crippen LogP) is 3.18. The zero-order chi connectivity index (χ0) is 25.4. The molecule has 6 rings (SSSR count). The van der Waals surface area contributed by atoms with Gasteiger partial charge in [-0.3, -0.25) is 4.98 Å². The molecule has 0 aliphatic carbocycles. The Morgan fingerprint density at radius 3 is 2.76 bits per heavy atom. The first-order valence-corrected chi connectivity index (χ1v) is 12.3. The van der Waals surface area contributed by atoms with E-state index in [-0.39, 0.29) is 11.6 Å². The number of piperidine rings is 1. The Hall–Kier alpha value is -3.83. The van der Waals surface area contributed by atoms with Crippen LogP contribution in [0.2, 0.25) is 0 Å². The number of benzene rings is 1. The molecule has 1 aromatic carbocycles. The lowest BCUT2D eigenvalue weighted by atomic mass is 10.0. The van der Waals surface area contributed by atoms with Crippen LogP contribution in [0.1, 0.15) is 30.6 Å². The fourth-order valence-corrected chi connectivity index (χ4v) is 4.97. The Bertz CT molecular complexity index is 1420. The predicted molar refractivity (Wildman–Crippen MR) is 132 cm³/mol. The highest BCUT2D eigenvalue weighted by molar-refractivity contribution is 5.78. The second-order valence-electron chi connectivity index (χ2n) is 9.23. The number of aliphatic hydroxyl groups excluding tert-OH is 1. The molecule has 10 nitrogen and oxygen atoms in total. The van der Waals surface area contributed by atoms with E-state index in [2.05, 4.69) is 25.2 Å². The summed E-state index contributed by atoms with van der Waals surface area (Å²) >= 11 is 0. The number of β-amino-alcohol motifs (C(OH)–C–C–N with tert-alkyl or cyclic N) is 1. The lowest BCUT2D eigenvalue weighted by Gasteiger charge is -2.33. The number of aromatic nitrogens is 5. The van der Waals surface area contributed by atoms with Crippen LogP contribution in [0.5, 0.6) is 17.4 Å². The fourth-order valence-electron chi connectivity index (χ4n) is 4.97. The highest BCUT2D eigenvalue weighted by atomic mass is 19.1. The first-order chi connectivity index (χ1) is 18.1. The smallest absolute Gasteiger partial charge is 0.213 e. The van der Waals surface area contributed by atoms with E-state index in [9.17, 15) is 9.50 Å². The van der Waals surface area contributed by atoms with Crippen LogP contribution in [0.3, 0.4) is 0 Å². The van der Waals surface area contributed by atoms with Crippen molar-refractivity contribution in [3.05, 3.63) is 54.1 Å². The molecule has 2 aliphatic heterocycles. The Morgan fingerprint density at radius 1 is 1.14 bits per heavy atom. The molecule has 0 radical (unpaired) electrons. The summed E-state index contributed by atoms with van der Waals surface area (Å²) in [4.78, 5) is 10.6. The zero-order valence-corrected chi connectivity index (χ0v) is 20.4. The number of pyridine rings is 2. The van der Waals surface area contributed by atoms with Crippen molar-refractivity contribution in [1.82, 2.24) is 29.9 Å². The third kappa shape index (κ3) is 4.67. The van der Waals surface area contributed by atoms with Crippen LogP contribution in [-0.4, -0.2) is 74.9 Å². The van der Waals surface area contributed by atoms with Crippen molar-refractivity contribution in [3.63, 3.8) is 0 Å². The third-order valence-corrected chi connectivity index (χ3v) is 6.93. The van der Waals surface area contributed by atoms with Gasteiger partial charge in [0.05, 0.1) is 37.2 Å². The number of likely N-dealkylation sites (tertiary alicyclic amines) is 1. The Balaban J connectivity index is 1.11. The summed E-state index contributed by atoms with van der Waals surface area (Å²) in [6.45, 7) is 2.86. The van der Waals surface area contributed by atoms with Gasteiger partial charge in [-0.1, -0.05) is 5.21 Å². The van der Waals surface area contributed by atoms with Crippen LogP contribution >= 0.6 is 0 Å². The molecule has 1 atom stereocenters. The van der Waals surface area contributed by atoms with E-state index in [1.165, 1.54) is 7.11 Å². The molecule has 0 bridgehead atoms. The standard InChI is InChI=1S/C26H27FN6O4/c1-35-24-5-3-19-26(29-24)25(18(27)13-28-19)21(34)15-32-8-6-17(7-9-32)33-14-20(30-31-33)16-2-4-22-23(12-16)37-11-10-36-22/h2-5,12-14,17,21,34H,6-11,15H2,1H3. The molecule has 11 heteroatoms. The first kappa shape index (κ1) is 23.6. The minimum Gasteiger partial charge on any atom is -0.486 e. The summed E-state index contributed by atoms with van der Waals surface area (Å²) in [5.41, 5.74) is 2.67. The minimum absolute atomic E-state index is 0.145. The summed E-state index contributed by atoms with van der Waals surface area (Å²) in [7, 11) is 1.50. The highest BCUT2D eigenvalue weighted by Gasteiger charge is 2.26. The second kappa shape index (κ2) is 9.91. The fraction of sp³-hybridized carbons (Fsp3) is 0.385. The summed E-state index contributed by atoms with van der Waals surface area (Å²) in [6, 6.07) is 9.35. The van der Waals surface area contributed by atoms with Crippen molar-refractivity contribution in [1.29, 1.82) is 0 Å². The molecule has 1 saturated heterocycles. The molecular weight excluding hydrogens is 479 g/mol. The number of nitrogens with zero attached hydrogens (tertiary/aromatic N) is 6. The lowest BCUT2D eigenvalue weighted by Crippen LogP contribution is -2.37. The average Bonchev–Trinajstić information content (AvgIpc) is 3.43. The molecule has 1 fully saturated rings. The van der Waals surface area contributed by atoms with Crippen LogP contribution in [0, 0.1) is 5.82 Å². The van der Waals surface area contributed by atoms with E-state index in [1.54, 1.807) is 12.1 Å². The summed E-state index contributed by atoms with van der Waals surface area (Å²) in [5, 5.41) is 19.7. The van der Waals surface area contributed by atoms with Crippen molar-refractivity contribution in [2.24, 2.45) is 0 Å². The number of fused-ring (bicyclic) bond motifs is 2. The molecule has 37 heavy (non-hydrogen) atoms. The van der Waals surface area contributed by atoms with Crippen molar-refractivity contribution in [3.8, 4) is 28.6 Å². The van der Waals surface area contributed by atoms with Gasteiger partial charge < -0.3 is 24.2 Å².